The molecule has 0 saturated heterocycles. The van der Waals surface area contributed by atoms with Crippen LogP contribution in [0.1, 0.15) is 6.42 Å². The van der Waals surface area contributed by atoms with Gasteiger partial charge in [0.25, 0.3) is 0 Å². The molecule has 1 N–H and O–H groups in total. The summed E-state index contributed by atoms with van der Waals surface area (Å²) in [5.74, 6) is 1.53. The number of hydrogen-bond donors (Lipinski definition) is 1. The Morgan fingerprint density at radius 2 is 2.04 bits per heavy atom. The number of benzene rings is 1. The SMILES string of the molecule is OCCCn1c(Sc2ccc3c(c2)OCCO3)nc2c([AsH2])ncnc21. The van der Waals surface area contributed by atoms with E-state index in [1.807, 2.05) is 22.8 Å². The first-order valence-electron chi connectivity index (χ1n) is 7.91. The Balaban J connectivity index is 1.71. The molecule has 3 heterocycles. The van der Waals surface area contributed by atoms with Gasteiger partial charge in [-0.05, 0) is 0 Å². The van der Waals surface area contributed by atoms with Crippen molar-refractivity contribution in [1.29, 1.82) is 0 Å². The molecule has 25 heavy (non-hydrogen) atoms. The van der Waals surface area contributed by atoms with Crippen molar-refractivity contribution >= 4 is 44.3 Å². The van der Waals surface area contributed by atoms with Gasteiger partial charge < -0.3 is 0 Å². The van der Waals surface area contributed by atoms with Gasteiger partial charge in [-0.2, -0.15) is 0 Å². The molecular formula is C16H17AsN4O3S. The van der Waals surface area contributed by atoms with E-state index in [2.05, 4.69) is 9.97 Å². The third kappa shape index (κ3) is 3.34. The number of rotatable bonds is 5. The maximum absolute atomic E-state index is 9.20. The Morgan fingerprint density at radius 1 is 1.20 bits per heavy atom. The fourth-order valence-corrected chi connectivity index (χ4v) is 4.12. The molecule has 0 fully saturated rings. The standard InChI is InChI=1S/C16H17AsN4O3S/c17-14-13-15(19-9-18-14)21(4-1-5-22)16(20-13)25-10-2-3-11-12(8-10)24-7-6-23-11/h2-3,8-9,22H,1,4-7,17H2. The van der Waals surface area contributed by atoms with Gasteiger partial charge in [0.2, 0.25) is 0 Å². The van der Waals surface area contributed by atoms with Crippen molar-refractivity contribution in [2.75, 3.05) is 19.8 Å². The monoisotopic (exact) mass is 420 g/mol. The molecule has 2 aromatic heterocycles. The predicted molar refractivity (Wildman–Crippen MR) is 96.8 cm³/mol. The van der Waals surface area contributed by atoms with Gasteiger partial charge in [-0.1, -0.05) is 0 Å². The summed E-state index contributed by atoms with van der Waals surface area (Å²) in [6.07, 6.45) is 2.21. The summed E-state index contributed by atoms with van der Waals surface area (Å²) in [5.41, 5.74) is 1.63. The summed E-state index contributed by atoms with van der Waals surface area (Å²) in [6.45, 7) is 1.92. The van der Waals surface area contributed by atoms with E-state index in [-0.39, 0.29) is 6.61 Å². The molecule has 0 amide bonds. The second kappa shape index (κ2) is 7.23. The number of fused-ring (bicyclic) bond motifs is 2. The van der Waals surface area contributed by atoms with Crippen molar-refractivity contribution in [1.82, 2.24) is 19.5 Å². The van der Waals surface area contributed by atoms with Crippen LogP contribution in [0.2, 0.25) is 0 Å². The zero-order valence-corrected chi connectivity index (χ0v) is 16.6. The second-order valence-corrected chi connectivity index (χ2v) is 7.65. The zero-order chi connectivity index (χ0) is 17.2. The number of hydrogen-bond acceptors (Lipinski definition) is 7. The van der Waals surface area contributed by atoms with E-state index in [1.165, 1.54) is 16.9 Å². The van der Waals surface area contributed by atoms with Crippen molar-refractivity contribution < 1.29 is 14.6 Å². The molecule has 1 aliphatic rings. The molecule has 1 atom stereocenters. The molecule has 130 valence electrons. The van der Waals surface area contributed by atoms with Crippen LogP contribution in [0.5, 0.6) is 11.5 Å². The molecule has 0 saturated carbocycles. The van der Waals surface area contributed by atoms with Crippen LogP contribution in [0.3, 0.4) is 0 Å². The molecule has 1 aromatic carbocycles. The van der Waals surface area contributed by atoms with Gasteiger partial charge >= 0.3 is 157 Å². The van der Waals surface area contributed by atoms with Crippen molar-refractivity contribution in [3.63, 3.8) is 0 Å². The zero-order valence-electron chi connectivity index (χ0n) is 13.4. The molecule has 0 bridgehead atoms. The average Bonchev–Trinajstić information content (AvgIpc) is 2.98. The summed E-state index contributed by atoms with van der Waals surface area (Å²) in [7, 11) is 0. The first kappa shape index (κ1) is 16.7. The number of ether oxygens (including phenoxy) is 2. The normalized spacial score (nSPS) is 13.4. The number of aliphatic hydroxyl groups excluding tert-OH is 1. The van der Waals surface area contributed by atoms with E-state index in [9.17, 15) is 5.11 Å². The van der Waals surface area contributed by atoms with Gasteiger partial charge in [0.15, 0.2) is 0 Å². The molecule has 0 radical (unpaired) electrons. The number of aliphatic hydroxyl groups is 1. The summed E-state index contributed by atoms with van der Waals surface area (Å²) in [5, 5.41) is 10.0. The Morgan fingerprint density at radius 3 is 2.88 bits per heavy atom. The molecule has 0 spiro atoms. The first-order chi connectivity index (χ1) is 12.3. The van der Waals surface area contributed by atoms with E-state index < -0.39 is 0 Å². The van der Waals surface area contributed by atoms with Crippen LogP contribution >= 0.6 is 11.8 Å². The third-order valence-corrected chi connectivity index (χ3v) is 5.66. The van der Waals surface area contributed by atoms with E-state index >= 15 is 0 Å². The Hall–Kier alpha value is -1.76. The van der Waals surface area contributed by atoms with Crippen LogP contribution in [0, 0.1) is 0 Å². The topological polar surface area (TPSA) is 82.3 Å². The number of aryl methyl sites for hydroxylation is 1. The van der Waals surface area contributed by atoms with E-state index in [0.717, 1.165) is 37.2 Å². The van der Waals surface area contributed by atoms with Crippen molar-refractivity contribution in [2.45, 2.75) is 23.0 Å². The van der Waals surface area contributed by atoms with Crippen LogP contribution in [-0.2, 0) is 6.54 Å². The van der Waals surface area contributed by atoms with Crippen molar-refractivity contribution in [2.24, 2.45) is 0 Å². The third-order valence-electron chi connectivity index (χ3n) is 3.79. The summed E-state index contributed by atoms with van der Waals surface area (Å²) < 4.78 is 14.2. The van der Waals surface area contributed by atoms with E-state index in [4.69, 9.17) is 14.5 Å². The quantitative estimate of drug-likeness (QED) is 0.598. The Kier molecular flexibility index (Phi) is 4.83. The Labute approximate surface area is 157 Å². The molecule has 9 heteroatoms. The molecule has 3 aromatic rings. The molecule has 7 nitrogen and oxygen atoms in total. The van der Waals surface area contributed by atoms with Gasteiger partial charge in [-0.15, -0.1) is 0 Å². The van der Waals surface area contributed by atoms with Gasteiger partial charge in [0.1, 0.15) is 0 Å². The van der Waals surface area contributed by atoms with Gasteiger partial charge in [-0.3, -0.25) is 0 Å². The van der Waals surface area contributed by atoms with Crippen LogP contribution in [0.4, 0.5) is 0 Å². The second-order valence-electron chi connectivity index (χ2n) is 5.46. The predicted octanol–water partition coefficient (Wildman–Crippen LogP) is 0.389. The molecular weight excluding hydrogens is 403 g/mol. The molecule has 1 aliphatic heterocycles. The first-order valence-corrected chi connectivity index (χ1v) is 9.94. The van der Waals surface area contributed by atoms with Crippen LogP contribution in [0.25, 0.3) is 11.2 Å². The minimum atomic E-state index is 0.127. The van der Waals surface area contributed by atoms with Crippen LogP contribution in [0.15, 0.2) is 34.6 Å². The fourth-order valence-electron chi connectivity index (χ4n) is 2.63. The number of nitrogens with zero attached hydrogens (tertiary/aromatic N) is 4. The molecule has 4 rings (SSSR count). The number of imidazole rings is 1. The molecule has 1 unspecified atom stereocenters. The van der Waals surface area contributed by atoms with Crippen LogP contribution < -0.4 is 14.0 Å². The van der Waals surface area contributed by atoms with Gasteiger partial charge in [-0.25, -0.2) is 0 Å². The minimum absolute atomic E-state index is 0.127. The van der Waals surface area contributed by atoms with Crippen molar-refractivity contribution in [3.05, 3.63) is 24.5 Å². The van der Waals surface area contributed by atoms with Gasteiger partial charge in [0.05, 0.1) is 0 Å². The summed E-state index contributed by atoms with van der Waals surface area (Å²) in [6, 6.07) is 5.89. The van der Waals surface area contributed by atoms with E-state index in [1.54, 1.807) is 18.1 Å². The van der Waals surface area contributed by atoms with Gasteiger partial charge in [0, 0.05) is 0 Å². The Bertz CT molecular complexity index is 918. The molecule has 0 aliphatic carbocycles. The number of aromatic nitrogens is 4. The summed E-state index contributed by atoms with van der Waals surface area (Å²) >= 11 is 2.97. The van der Waals surface area contributed by atoms with E-state index in [0.29, 0.717) is 26.2 Å². The van der Waals surface area contributed by atoms with Crippen molar-refractivity contribution in [3.8, 4) is 11.5 Å². The maximum atomic E-state index is 9.20. The fraction of sp³-hybridized carbons (Fsp3) is 0.312. The van der Waals surface area contributed by atoms with Crippen LogP contribution in [-0.4, -0.2) is 61.3 Å². The summed E-state index contributed by atoms with van der Waals surface area (Å²) in [4.78, 5) is 14.4. The average molecular weight is 420 g/mol.